The second-order valence-electron chi connectivity index (χ2n) is 4.21. The molecule has 1 aromatic rings. The standard InChI is InChI=1S/C13H16Cl2N2O3/c1-2-4-10(13(19)20)16-7-11(18)17-12-8(14)5-3-6-9(12)15/h3,5-6,10,16H,2,4,7H2,1H3,(H,17,18)(H,19,20). The largest absolute Gasteiger partial charge is 0.480 e. The number of carboxylic acid groups (broad SMARTS) is 1. The normalized spacial score (nSPS) is 11.9. The lowest BCUT2D eigenvalue weighted by atomic mass is 10.2. The Hall–Kier alpha value is -1.30. The van der Waals surface area contributed by atoms with Crippen LogP contribution >= 0.6 is 23.2 Å². The minimum Gasteiger partial charge on any atom is -0.480 e. The van der Waals surface area contributed by atoms with Crippen LogP contribution in [0.15, 0.2) is 18.2 Å². The maximum absolute atomic E-state index is 11.8. The first-order valence-corrected chi connectivity index (χ1v) is 6.91. The van der Waals surface area contributed by atoms with Crippen LogP contribution in [0.3, 0.4) is 0 Å². The zero-order valence-electron chi connectivity index (χ0n) is 11.0. The fourth-order valence-corrected chi connectivity index (χ4v) is 2.11. The fraction of sp³-hybridized carbons (Fsp3) is 0.385. The van der Waals surface area contributed by atoms with Gasteiger partial charge in [0.05, 0.1) is 22.3 Å². The SMILES string of the molecule is CCCC(NCC(=O)Nc1c(Cl)cccc1Cl)C(=O)O. The number of carboxylic acids is 1. The molecule has 0 saturated heterocycles. The monoisotopic (exact) mass is 318 g/mol. The van der Waals surface area contributed by atoms with Crippen LogP contribution in [0.4, 0.5) is 5.69 Å². The molecule has 1 atom stereocenters. The number of benzene rings is 1. The Balaban J connectivity index is 2.58. The Bertz CT molecular complexity index is 474. The Morgan fingerprint density at radius 2 is 1.90 bits per heavy atom. The van der Waals surface area contributed by atoms with E-state index < -0.39 is 17.9 Å². The van der Waals surface area contributed by atoms with Gasteiger partial charge >= 0.3 is 5.97 Å². The van der Waals surface area contributed by atoms with Gasteiger partial charge in [-0.05, 0) is 18.6 Å². The molecule has 0 aromatic heterocycles. The first-order valence-electron chi connectivity index (χ1n) is 6.15. The van der Waals surface area contributed by atoms with Gasteiger partial charge in [-0.1, -0.05) is 42.6 Å². The van der Waals surface area contributed by atoms with Crippen LogP contribution in [0, 0.1) is 0 Å². The summed E-state index contributed by atoms with van der Waals surface area (Å²) in [7, 11) is 0. The third-order valence-corrected chi connectivity index (χ3v) is 3.24. The molecule has 0 aliphatic heterocycles. The van der Waals surface area contributed by atoms with Crippen LogP contribution in [0.5, 0.6) is 0 Å². The highest BCUT2D eigenvalue weighted by Crippen LogP contribution is 2.29. The first-order chi connectivity index (χ1) is 9.45. The van der Waals surface area contributed by atoms with Gasteiger partial charge in [0.1, 0.15) is 6.04 Å². The molecule has 0 aliphatic rings. The number of carbonyl (C=O) groups is 2. The van der Waals surface area contributed by atoms with Crippen LogP contribution in [0.25, 0.3) is 0 Å². The summed E-state index contributed by atoms with van der Waals surface area (Å²) in [5, 5.41) is 14.9. The second-order valence-corrected chi connectivity index (χ2v) is 5.02. The van der Waals surface area contributed by atoms with E-state index in [1.54, 1.807) is 18.2 Å². The van der Waals surface area contributed by atoms with Gasteiger partial charge in [0.15, 0.2) is 0 Å². The number of amides is 1. The fourth-order valence-electron chi connectivity index (χ4n) is 1.62. The van der Waals surface area contributed by atoms with Crippen molar-refractivity contribution in [1.29, 1.82) is 0 Å². The minimum atomic E-state index is -0.976. The Kier molecular flexibility index (Phi) is 6.78. The van der Waals surface area contributed by atoms with E-state index in [0.29, 0.717) is 28.6 Å². The minimum absolute atomic E-state index is 0.126. The molecule has 20 heavy (non-hydrogen) atoms. The molecule has 0 bridgehead atoms. The van der Waals surface area contributed by atoms with Crippen molar-refractivity contribution in [2.45, 2.75) is 25.8 Å². The molecule has 0 aliphatic carbocycles. The van der Waals surface area contributed by atoms with Gasteiger partial charge in [0.25, 0.3) is 0 Å². The van der Waals surface area contributed by atoms with Crippen LogP contribution in [-0.4, -0.2) is 29.6 Å². The summed E-state index contributed by atoms with van der Waals surface area (Å²) in [5.41, 5.74) is 0.324. The third kappa shape index (κ3) is 5.00. The lowest BCUT2D eigenvalue weighted by Crippen LogP contribution is -2.41. The Morgan fingerprint density at radius 3 is 2.40 bits per heavy atom. The number of para-hydroxylation sites is 1. The van der Waals surface area contributed by atoms with E-state index >= 15 is 0 Å². The van der Waals surface area contributed by atoms with Crippen LogP contribution in [0.2, 0.25) is 10.0 Å². The number of anilines is 1. The molecule has 0 saturated carbocycles. The molecular formula is C13H16Cl2N2O3. The number of rotatable bonds is 7. The summed E-state index contributed by atoms with van der Waals surface area (Å²) in [5.74, 6) is -1.38. The number of nitrogens with one attached hydrogen (secondary N) is 2. The second kappa shape index (κ2) is 8.09. The van der Waals surface area contributed by atoms with Gasteiger partial charge in [-0.3, -0.25) is 14.9 Å². The van der Waals surface area contributed by atoms with Gasteiger partial charge < -0.3 is 10.4 Å². The van der Waals surface area contributed by atoms with Gasteiger partial charge in [0.2, 0.25) is 5.91 Å². The van der Waals surface area contributed by atoms with Crippen LogP contribution in [0.1, 0.15) is 19.8 Å². The maximum atomic E-state index is 11.8. The highest BCUT2D eigenvalue weighted by atomic mass is 35.5. The number of aliphatic carboxylic acids is 1. The van der Waals surface area contributed by atoms with Crippen molar-refractivity contribution in [3.8, 4) is 0 Å². The zero-order chi connectivity index (χ0) is 15.1. The summed E-state index contributed by atoms with van der Waals surface area (Å²) in [4.78, 5) is 22.7. The molecule has 3 N–H and O–H groups in total. The lowest BCUT2D eigenvalue weighted by Gasteiger charge is -2.14. The maximum Gasteiger partial charge on any atom is 0.320 e. The lowest BCUT2D eigenvalue weighted by molar-refractivity contribution is -0.139. The molecule has 0 heterocycles. The molecule has 110 valence electrons. The van der Waals surface area contributed by atoms with Crippen molar-refractivity contribution in [2.75, 3.05) is 11.9 Å². The summed E-state index contributed by atoms with van der Waals surface area (Å²) >= 11 is 11.8. The average molecular weight is 319 g/mol. The molecule has 5 nitrogen and oxygen atoms in total. The molecule has 1 aromatic carbocycles. The third-order valence-electron chi connectivity index (χ3n) is 2.61. The van der Waals surface area contributed by atoms with Gasteiger partial charge in [-0.2, -0.15) is 0 Å². The molecule has 1 amide bonds. The molecule has 1 rings (SSSR count). The average Bonchev–Trinajstić information content (AvgIpc) is 2.38. The van der Waals surface area contributed by atoms with Gasteiger partial charge in [-0.25, -0.2) is 0 Å². The summed E-state index contributed by atoms with van der Waals surface area (Å²) in [6.07, 6.45) is 1.16. The van der Waals surface area contributed by atoms with Crippen molar-refractivity contribution < 1.29 is 14.7 Å². The Morgan fingerprint density at radius 1 is 1.30 bits per heavy atom. The van der Waals surface area contributed by atoms with Crippen molar-refractivity contribution in [2.24, 2.45) is 0 Å². The predicted octanol–water partition coefficient (Wildman–Crippen LogP) is 2.77. The van der Waals surface area contributed by atoms with E-state index in [-0.39, 0.29) is 6.54 Å². The van der Waals surface area contributed by atoms with Gasteiger partial charge in [0, 0.05) is 0 Å². The van der Waals surface area contributed by atoms with Crippen LogP contribution < -0.4 is 10.6 Å². The number of hydrogen-bond donors (Lipinski definition) is 3. The van der Waals surface area contributed by atoms with Crippen molar-refractivity contribution in [3.63, 3.8) is 0 Å². The zero-order valence-corrected chi connectivity index (χ0v) is 12.5. The molecule has 0 fully saturated rings. The number of halogens is 2. The van der Waals surface area contributed by atoms with Gasteiger partial charge in [-0.15, -0.1) is 0 Å². The molecule has 7 heteroatoms. The van der Waals surface area contributed by atoms with E-state index in [0.717, 1.165) is 0 Å². The quantitative estimate of drug-likeness (QED) is 0.722. The van der Waals surface area contributed by atoms with Crippen molar-refractivity contribution in [1.82, 2.24) is 5.32 Å². The number of hydrogen-bond acceptors (Lipinski definition) is 3. The van der Waals surface area contributed by atoms with E-state index in [9.17, 15) is 9.59 Å². The number of carbonyl (C=O) groups excluding carboxylic acids is 1. The molecule has 0 radical (unpaired) electrons. The highest BCUT2D eigenvalue weighted by molar-refractivity contribution is 6.39. The smallest absolute Gasteiger partial charge is 0.320 e. The van der Waals surface area contributed by atoms with E-state index in [1.807, 2.05) is 6.92 Å². The summed E-state index contributed by atoms with van der Waals surface area (Å²) in [6.45, 7) is 1.75. The topological polar surface area (TPSA) is 78.4 Å². The molecule has 0 spiro atoms. The van der Waals surface area contributed by atoms with E-state index in [4.69, 9.17) is 28.3 Å². The van der Waals surface area contributed by atoms with Crippen molar-refractivity contribution >= 4 is 40.8 Å². The van der Waals surface area contributed by atoms with E-state index in [1.165, 1.54) is 0 Å². The molecular weight excluding hydrogens is 303 g/mol. The van der Waals surface area contributed by atoms with Crippen LogP contribution in [-0.2, 0) is 9.59 Å². The van der Waals surface area contributed by atoms with E-state index in [2.05, 4.69) is 10.6 Å². The molecule has 1 unspecified atom stereocenters. The summed E-state index contributed by atoms with van der Waals surface area (Å²) in [6, 6.07) is 4.13. The Labute approximate surface area is 127 Å². The highest BCUT2D eigenvalue weighted by Gasteiger charge is 2.17. The van der Waals surface area contributed by atoms with Crippen molar-refractivity contribution in [3.05, 3.63) is 28.2 Å². The first kappa shape index (κ1) is 16.8. The predicted molar refractivity (Wildman–Crippen MR) is 79.4 cm³/mol. The summed E-state index contributed by atoms with van der Waals surface area (Å²) < 4.78 is 0.